The first-order valence-corrected chi connectivity index (χ1v) is 9.27. The van der Waals surface area contributed by atoms with E-state index in [0.29, 0.717) is 16.6 Å². The van der Waals surface area contributed by atoms with Crippen LogP contribution < -0.4 is 5.32 Å². The van der Waals surface area contributed by atoms with Gasteiger partial charge < -0.3 is 10.3 Å². The summed E-state index contributed by atoms with van der Waals surface area (Å²) in [5.74, 6) is -0.704. The van der Waals surface area contributed by atoms with Gasteiger partial charge in [-0.1, -0.05) is 12.1 Å². The van der Waals surface area contributed by atoms with Gasteiger partial charge in [0.1, 0.15) is 5.69 Å². The van der Waals surface area contributed by atoms with Crippen LogP contribution in [0, 0.1) is 0 Å². The van der Waals surface area contributed by atoms with E-state index >= 15 is 0 Å². The third-order valence-corrected chi connectivity index (χ3v) is 5.12. The minimum Gasteiger partial charge on any atom is -0.361 e. The van der Waals surface area contributed by atoms with E-state index in [-0.39, 0.29) is 5.69 Å². The lowest BCUT2D eigenvalue weighted by atomic mass is 9.99. The lowest BCUT2D eigenvalue weighted by Crippen LogP contribution is -2.16. The summed E-state index contributed by atoms with van der Waals surface area (Å²) in [7, 11) is 1.29. The topological polar surface area (TPSA) is 91.4 Å². The van der Waals surface area contributed by atoms with Crippen LogP contribution in [0.5, 0.6) is 0 Å². The SMILES string of the molecule is Cn1nc(C(F)(F)F)cc1C(=O)Nc1cc(-c2cccc3[nH]ccc23)cc2[nH]ncc12. The smallest absolute Gasteiger partial charge is 0.361 e. The molecule has 1 amide bonds. The molecule has 0 radical (unpaired) electrons. The monoisotopic (exact) mass is 424 g/mol. The summed E-state index contributed by atoms with van der Waals surface area (Å²) >= 11 is 0. The first-order valence-electron chi connectivity index (χ1n) is 9.27. The third-order valence-electron chi connectivity index (χ3n) is 5.12. The van der Waals surface area contributed by atoms with Gasteiger partial charge in [0, 0.05) is 35.6 Å². The Kier molecular flexibility index (Phi) is 4.10. The standard InChI is InChI=1S/C21H15F3N6O/c1-30-18(9-19(29-30)21(22,23)24)20(31)27-16-7-11(8-17-14(16)10-26-28-17)12-3-2-4-15-13(12)5-6-25-15/h2-10,25H,1H3,(H,26,28)(H,27,31). The number of halogens is 3. The Morgan fingerprint density at radius 3 is 2.71 bits per heavy atom. The highest BCUT2D eigenvalue weighted by molar-refractivity contribution is 6.09. The van der Waals surface area contributed by atoms with Gasteiger partial charge >= 0.3 is 6.18 Å². The average molecular weight is 424 g/mol. The Bertz CT molecular complexity index is 1440. The fourth-order valence-corrected chi connectivity index (χ4v) is 3.65. The van der Waals surface area contributed by atoms with Crippen molar-refractivity contribution >= 4 is 33.4 Å². The number of alkyl halides is 3. The minimum atomic E-state index is -4.64. The molecule has 0 saturated heterocycles. The number of fused-ring (bicyclic) bond motifs is 2. The quantitative estimate of drug-likeness (QED) is 0.392. The lowest BCUT2D eigenvalue weighted by molar-refractivity contribution is -0.141. The zero-order chi connectivity index (χ0) is 21.8. The van der Waals surface area contributed by atoms with Gasteiger partial charge in [0.2, 0.25) is 0 Å². The van der Waals surface area contributed by atoms with Crippen LogP contribution in [0.15, 0.2) is 54.9 Å². The van der Waals surface area contributed by atoms with E-state index in [1.807, 2.05) is 36.5 Å². The molecule has 0 saturated carbocycles. The van der Waals surface area contributed by atoms with Crippen LogP contribution in [0.4, 0.5) is 18.9 Å². The number of carbonyl (C=O) groups excluding carboxylic acids is 1. The number of aryl methyl sites for hydroxylation is 1. The summed E-state index contributed by atoms with van der Waals surface area (Å²) in [5.41, 5.74) is 2.49. The maximum Gasteiger partial charge on any atom is 0.435 e. The van der Waals surface area contributed by atoms with Crippen LogP contribution >= 0.6 is 0 Å². The van der Waals surface area contributed by atoms with Crippen molar-refractivity contribution in [1.29, 1.82) is 0 Å². The summed E-state index contributed by atoms with van der Waals surface area (Å²) in [5, 5.41) is 14.7. The van der Waals surface area contributed by atoms with Crippen molar-refractivity contribution < 1.29 is 18.0 Å². The molecule has 0 spiro atoms. The summed E-state index contributed by atoms with van der Waals surface area (Å²) in [4.78, 5) is 15.9. The molecule has 31 heavy (non-hydrogen) atoms. The first kappa shape index (κ1) is 18.9. The Labute approximate surface area is 172 Å². The maximum atomic E-state index is 13.0. The number of hydrogen-bond acceptors (Lipinski definition) is 3. The van der Waals surface area contributed by atoms with Crippen LogP contribution in [0.3, 0.4) is 0 Å². The number of benzene rings is 2. The summed E-state index contributed by atoms with van der Waals surface area (Å²) < 4.78 is 39.8. The lowest BCUT2D eigenvalue weighted by Gasteiger charge is -2.10. The van der Waals surface area contributed by atoms with Gasteiger partial charge in [-0.3, -0.25) is 14.6 Å². The molecule has 3 N–H and O–H groups in total. The van der Waals surface area contributed by atoms with Crippen molar-refractivity contribution in [3.8, 4) is 11.1 Å². The van der Waals surface area contributed by atoms with Crippen molar-refractivity contribution in [1.82, 2.24) is 25.0 Å². The molecule has 0 aliphatic carbocycles. The highest BCUT2D eigenvalue weighted by Gasteiger charge is 2.35. The highest BCUT2D eigenvalue weighted by atomic mass is 19.4. The van der Waals surface area contributed by atoms with E-state index in [0.717, 1.165) is 32.8 Å². The summed E-state index contributed by atoms with van der Waals surface area (Å²) in [6, 6.07) is 12.2. The largest absolute Gasteiger partial charge is 0.435 e. The van der Waals surface area contributed by atoms with Crippen molar-refractivity contribution in [2.75, 3.05) is 5.32 Å². The molecule has 156 valence electrons. The van der Waals surface area contributed by atoms with E-state index in [4.69, 9.17) is 0 Å². The van der Waals surface area contributed by atoms with Gasteiger partial charge in [-0.25, -0.2) is 0 Å². The fourth-order valence-electron chi connectivity index (χ4n) is 3.65. The van der Waals surface area contributed by atoms with Crippen LogP contribution in [-0.4, -0.2) is 30.9 Å². The number of rotatable bonds is 3. The van der Waals surface area contributed by atoms with Gasteiger partial charge in [0.05, 0.1) is 17.4 Å². The van der Waals surface area contributed by atoms with E-state index in [9.17, 15) is 18.0 Å². The average Bonchev–Trinajstić information content (AvgIpc) is 3.45. The van der Waals surface area contributed by atoms with Gasteiger partial charge in [0.25, 0.3) is 5.91 Å². The van der Waals surface area contributed by atoms with Crippen LogP contribution in [-0.2, 0) is 13.2 Å². The molecular weight excluding hydrogens is 409 g/mol. The molecule has 0 unspecified atom stereocenters. The number of aromatic amines is 2. The van der Waals surface area contributed by atoms with Crippen molar-refractivity contribution in [3.05, 3.63) is 66.2 Å². The molecule has 7 nitrogen and oxygen atoms in total. The number of H-pyrrole nitrogens is 2. The van der Waals surface area contributed by atoms with E-state index in [1.165, 1.54) is 7.05 Å². The molecule has 0 aliphatic rings. The summed E-state index contributed by atoms with van der Waals surface area (Å²) in [6.07, 6.45) is -1.24. The van der Waals surface area contributed by atoms with E-state index < -0.39 is 17.8 Å². The highest BCUT2D eigenvalue weighted by Crippen LogP contribution is 2.34. The molecule has 10 heteroatoms. The molecule has 2 aromatic carbocycles. The predicted octanol–water partition coefficient (Wildman–Crippen LogP) is 4.72. The zero-order valence-corrected chi connectivity index (χ0v) is 16.1. The zero-order valence-electron chi connectivity index (χ0n) is 16.1. The number of nitrogens with one attached hydrogen (secondary N) is 3. The van der Waals surface area contributed by atoms with E-state index in [1.54, 1.807) is 12.3 Å². The molecule has 5 aromatic rings. The Morgan fingerprint density at radius 1 is 1.10 bits per heavy atom. The molecule has 5 rings (SSSR count). The molecule has 0 aliphatic heterocycles. The van der Waals surface area contributed by atoms with Gasteiger partial charge in [-0.05, 0) is 35.4 Å². The first-order chi connectivity index (χ1) is 14.8. The molecule has 0 atom stereocenters. The number of anilines is 1. The molecule has 3 aromatic heterocycles. The maximum absolute atomic E-state index is 13.0. The predicted molar refractivity (Wildman–Crippen MR) is 110 cm³/mol. The second kappa shape index (κ2) is 6.73. The molecular formula is C21H15F3N6O. The van der Waals surface area contributed by atoms with Gasteiger partial charge in [-0.2, -0.15) is 23.4 Å². The normalized spacial score (nSPS) is 12.0. The number of nitrogens with zero attached hydrogens (tertiary/aromatic N) is 3. The Hall–Kier alpha value is -4.08. The van der Waals surface area contributed by atoms with Crippen LogP contribution in [0.1, 0.15) is 16.2 Å². The minimum absolute atomic E-state index is 0.206. The van der Waals surface area contributed by atoms with E-state index in [2.05, 4.69) is 25.6 Å². The number of carbonyl (C=O) groups is 1. The van der Waals surface area contributed by atoms with Crippen LogP contribution in [0.25, 0.3) is 32.9 Å². The van der Waals surface area contributed by atoms with Crippen molar-refractivity contribution in [2.24, 2.45) is 7.05 Å². The Morgan fingerprint density at radius 2 is 1.94 bits per heavy atom. The van der Waals surface area contributed by atoms with Crippen molar-refractivity contribution in [2.45, 2.75) is 6.18 Å². The Balaban J connectivity index is 1.58. The van der Waals surface area contributed by atoms with Gasteiger partial charge in [-0.15, -0.1) is 0 Å². The fraction of sp³-hybridized carbons (Fsp3) is 0.0952. The molecule has 3 heterocycles. The molecule has 0 fully saturated rings. The molecule has 0 bridgehead atoms. The summed E-state index contributed by atoms with van der Waals surface area (Å²) in [6.45, 7) is 0. The number of hydrogen-bond donors (Lipinski definition) is 3. The third kappa shape index (κ3) is 3.21. The second-order valence-corrected chi connectivity index (χ2v) is 7.09. The number of amides is 1. The van der Waals surface area contributed by atoms with Gasteiger partial charge in [0.15, 0.2) is 5.69 Å². The second-order valence-electron chi connectivity index (χ2n) is 7.09. The number of aromatic nitrogens is 5. The van der Waals surface area contributed by atoms with Crippen LogP contribution in [0.2, 0.25) is 0 Å². The van der Waals surface area contributed by atoms with Crippen molar-refractivity contribution in [3.63, 3.8) is 0 Å².